The van der Waals surface area contributed by atoms with Crippen molar-refractivity contribution in [3.63, 3.8) is 0 Å². The van der Waals surface area contributed by atoms with Gasteiger partial charge in [0.1, 0.15) is 0 Å². The minimum Gasteiger partial charge on any atom is -0.197 e. The third-order valence-corrected chi connectivity index (χ3v) is 2.43. The first-order valence-electron chi connectivity index (χ1n) is 4.79. The lowest BCUT2D eigenvalue weighted by Gasteiger charge is -2.15. The summed E-state index contributed by atoms with van der Waals surface area (Å²) in [5.74, 6) is 0. The van der Waals surface area contributed by atoms with E-state index in [0.29, 0.717) is 5.69 Å². The monoisotopic (exact) mass is 230 g/mol. The second-order valence-electron chi connectivity index (χ2n) is 3.25. The van der Waals surface area contributed by atoms with E-state index in [2.05, 4.69) is 17.9 Å². The summed E-state index contributed by atoms with van der Waals surface area (Å²) in [6.45, 7) is 0. The maximum atomic E-state index is 10.9. The zero-order valence-corrected chi connectivity index (χ0v) is 9.34. The van der Waals surface area contributed by atoms with Gasteiger partial charge in [0.2, 0.25) is 0 Å². The number of anilines is 2. The van der Waals surface area contributed by atoms with Gasteiger partial charge in [-0.05, 0) is 30.3 Å². The highest BCUT2D eigenvalue weighted by atomic mass is 32.1. The first-order valence-corrected chi connectivity index (χ1v) is 5.23. The number of para-hydroxylation sites is 1. The van der Waals surface area contributed by atoms with Gasteiger partial charge in [-0.25, -0.2) is 0 Å². The average molecular weight is 230 g/mol. The van der Waals surface area contributed by atoms with Gasteiger partial charge in [-0.2, -0.15) is 5.01 Å². The lowest BCUT2D eigenvalue weighted by atomic mass is 10.2. The Labute approximate surface area is 99.1 Å². The molecule has 4 heteroatoms. The van der Waals surface area contributed by atoms with Crippen molar-refractivity contribution in [1.29, 1.82) is 0 Å². The number of benzene rings is 2. The first kappa shape index (κ1) is 10.7. The van der Waals surface area contributed by atoms with Crippen LogP contribution in [-0.2, 0) is 0 Å². The molecule has 0 aromatic heterocycles. The Morgan fingerprint density at radius 1 is 0.938 bits per heavy atom. The highest BCUT2D eigenvalue weighted by molar-refractivity contribution is 7.80. The Hall–Kier alpha value is -1.81. The van der Waals surface area contributed by atoms with Crippen LogP contribution >= 0.6 is 12.6 Å². The molecule has 2 aromatic carbocycles. The second kappa shape index (κ2) is 4.81. The molecule has 0 unspecified atom stereocenters. The van der Waals surface area contributed by atoms with Crippen molar-refractivity contribution >= 4 is 24.0 Å². The number of hydrogen-bond donors (Lipinski definition) is 1. The third-order valence-electron chi connectivity index (χ3n) is 2.16. The number of nitrogens with zero attached hydrogens (tertiary/aromatic N) is 2. The fraction of sp³-hybridized carbons (Fsp3) is 0. The Morgan fingerprint density at radius 2 is 1.62 bits per heavy atom. The predicted molar refractivity (Wildman–Crippen MR) is 68.1 cm³/mol. The molecule has 0 amide bonds. The predicted octanol–water partition coefficient (Wildman–Crippen LogP) is 3.79. The van der Waals surface area contributed by atoms with E-state index >= 15 is 0 Å². The largest absolute Gasteiger partial charge is 0.197 e. The van der Waals surface area contributed by atoms with Gasteiger partial charge < -0.3 is 0 Å². The number of hydrogen-bond acceptors (Lipinski definition) is 3. The van der Waals surface area contributed by atoms with E-state index < -0.39 is 0 Å². The van der Waals surface area contributed by atoms with Crippen LogP contribution in [0.15, 0.2) is 64.8 Å². The zero-order valence-electron chi connectivity index (χ0n) is 8.45. The maximum Gasteiger partial charge on any atom is 0.0696 e. The number of thiol groups is 1. The van der Waals surface area contributed by atoms with Crippen LogP contribution in [0.1, 0.15) is 0 Å². The smallest absolute Gasteiger partial charge is 0.0696 e. The van der Waals surface area contributed by atoms with Crippen molar-refractivity contribution in [2.45, 2.75) is 4.90 Å². The summed E-state index contributed by atoms with van der Waals surface area (Å²) in [4.78, 5) is 11.7. The third kappa shape index (κ3) is 2.23. The van der Waals surface area contributed by atoms with Crippen LogP contribution in [0.3, 0.4) is 0 Å². The average Bonchev–Trinajstić information content (AvgIpc) is 2.31. The van der Waals surface area contributed by atoms with E-state index in [-0.39, 0.29) is 0 Å². The van der Waals surface area contributed by atoms with Crippen LogP contribution in [0.25, 0.3) is 0 Å². The molecule has 0 spiro atoms. The Bertz CT molecular complexity index is 487. The molecule has 0 radical (unpaired) electrons. The highest BCUT2D eigenvalue weighted by Crippen LogP contribution is 2.26. The van der Waals surface area contributed by atoms with E-state index in [0.717, 1.165) is 10.6 Å². The quantitative estimate of drug-likeness (QED) is 0.494. The van der Waals surface area contributed by atoms with Gasteiger partial charge in [0, 0.05) is 4.90 Å². The molecule has 3 nitrogen and oxygen atoms in total. The van der Waals surface area contributed by atoms with E-state index in [1.165, 1.54) is 5.01 Å². The lowest BCUT2D eigenvalue weighted by Crippen LogP contribution is -2.06. The van der Waals surface area contributed by atoms with Crippen LogP contribution in [0, 0.1) is 4.91 Å². The summed E-state index contributed by atoms with van der Waals surface area (Å²) >= 11 is 4.23. The highest BCUT2D eigenvalue weighted by Gasteiger charge is 2.08. The summed E-state index contributed by atoms with van der Waals surface area (Å²) < 4.78 is 0. The van der Waals surface area contributed by atoms with Gasteiger partial charge in [0.25, 0.3) is 0 Å². The molecule has 0 aliphatic heterocycles. The normalized spacial score (nSPS) is 9.81. The Balaban J connectivity index is 2.41. The molecule has 2 rings (SSSR count). The van der Waals surface area contributed by atoms with Crippen LogP contribution in [0.4, 0.5) is 11.4 Å². The summed E-state index contributed by atoms with van der Waals surface area (Å²) in [6.07, 6.45) is 0. The van der Waals surface area contributed by atoms with Crippen LogP contribution in [0.2, 0.25) is 0 Å². The summed E-state index contributed by atoms with van der Waals surface area (Å²) in [5.41, 5.74) is 1.44. The minimum atomic E-state index is 0.703. The zero-order chi connectivity index (χ0) is 11.4. The maximum absolute atomic E-state index is 10.9. The summed E-state index contributed by atoms with van der Waals surface area (Å²) in [7, 11) is 0. The van der Waals surface area contributed by atoms with Crippen LogP contribution in [0.5, 0.6) is 0 Å². The number of rotatable bonds is 3. The van der Waals surface area contributed by atoms with Gasteiger partial charge in [-0.15, -0.1) is 17.5 Å². The van der Waals surface area contributed by atoms with Crippen molar-refractivity contribution in [3.05, 3.63) is 59.5 Å². The van der Waals surface area contributed by atoms with Gasteiger partial charge in [0.05, 0.1) is 16.7 Å². The van der Waals surface area contributed by atoms with Gasteiger partial charge in [-0.3, -0.25) is 0 Å². The van der Waals surface area contributed by atoms with Crippen molar-refractivity contribution in [1.82, 2.24) is 0 Å². The Morgan fingerprint density at radius 3 is 2.25 bits per heavy atom. The minimum absolute atomic E-state index is 0.703. The molecular weight excluding hydrogens is 220 g/mol. The van der Waals surface area contributed by atoms with Crippen molar-refractivity contribution in [2.24, 2.45) is 5.29 Å². The van der Waals surface area contributed by atoms with Crippen LogP contribution in [-0.4, -0.2) is 0 Å². The molecular formula is C12H10N2OS. The second-order valence-corrected chi connectivity index (χ2v) is 3.77. The molecule has 16 heavy (non-hydrogen) atoms. The summed E-state index contributed by atoms with van der Waals surface area (Å²) in [6, 6.07) is 16.5. The van der Waals surface area contributed by atoms with Crippen LogP contribution < -0.4 is 5.01 Å². The van der Waals surface area contributed by atoms with E-state index in [1.54, 1.807) is 6.07 Å². The van der Waals surface area contributed by atoms with Crippen molar-refractivity contribution in [2.75, 3.05) is 5.01 Å². The lowest BCUT2D eigenvalue weighted by molar-refractivity contribution is 1.06. The SMILES string of the molecule is O=NN(c1ccccc1)c1cccc(S)c1. The molecule has 0 atom stereocenters. The molecule has 0 aliphatic carbocycles. The fourth-order valence-corrected chi connectivity index (χ4v) is 1.66. The molecule has 0 heterocycles. The molecule has 0 saturated carbocycles. The molecule has 0 fully saturated rings. The molecule has 0 aliphatic rings. The van der Waals surface area contributed by atoms with E-state index in [9.17, 15) is 4.91 Å². The van der Waals surface area contributed by atoms with E-state index in [4.69, 9.17) is 0 Å². The molecule has 80 valence electrons. The van der Waals surface area contributed by atoms with Crippen molar-refractivity contribution in [3.8, 4) is 0 Å². The van der Waals surface area contributed by atoms with E-state index in [1.807, 2.05) is 48.5 Å². The summed E-state index contributed by atoms with van der Waals surface area (Å²) in [5, 5.41) is 4.35. The molecule has 0 N–H and O–H groups in total. The fourth-order valence-electron chi connectivity index (χ4n) is 1.44. The first-order chi connectivity index (χ1) is 7.81. The Kier molecular flexibility index (Phi) is 3.22. The standard InChI is InChI=1S/C12H10N2OS/c15-13-14(10-5-2-1-3-6-10)11-7-4-8-12(16)9-11/h1-9,16H. The molecule has 0 saturated heterocycles. The number of nitroso groups, excluding NO2 is 1. The molecule has 2 aromatic rings. The van der Waals surface area contributed by atoms with Gasteiger partial charge in [-0.1, -0.05) is 24.3 Å². The van der Waals surface area contributed by atoms with Gasteiger partial charge >= 0.3 is 0 Å². The topological polar surface area (TPSA) is 32.7 Å². The van der Waals surface area contributed by atoms with Gasteiger partial charge in [0.15, 0.2) is 0 Å². The van der Waals surface area contributed by atoms with Crippen molar-refractivity contribution < 1.29 is 0 Å². The molecule has 0 bridgehead atoms.